The van der Waals surface area contributed by atoms with E-state index in [-0.39, 0.29) is 18.3 Å². The lowest BCUT2D eigenvalue weighted by atomic mass is 10.1. The number of ether oxygens (including phenoxy) is 2. The van der Waals surface area contributed by atoms with E-state index < -0.39 is 0 Å². The van der Waals surface area contributed by atoms with Crippen LogP contribution in [0.15, 0.2) is 48.8 Å². The second kappa shape index (κ2) is 4.16. The van der Waals surface area contributed by atoms with Gasteiger partial charge in [0.1, 0.15) is 11.5 Å². The van der Waals surface area contributed by atoms with E-state index in [4.69, 9.17) is 9.47 Å². The van der Waals surface area contributed by atoms with E-state index in [1.165, 1.54) is 6.07 Å². The first-order chi connectivity index (χ1) is 11.2. The van der Waals surface area contributed by atoms with Crippen LogP contribution in [0.1, 0.15) is 0 Å². The van der Waals surface area contributed by atoms with Crippen molar-refractivity contribution in [1.82, 2.24) is 0 Å². The molecule has 0 fully saturated rings. The van der Waals surface area contributed by atoms with Gasteiger partial charge in [-0.15, -0.1) is 0 Å². The Kier molecular flexibility index (Phi) is 2.24. The molecular weight excluding hydrogens is 294 g/mol. The molecule has 5 rings (SSSR count). The zero-order chi connectivity index (χ0) is 15.6. The van der Waals surface area contributed by atoms with E-state index in [1.807, 2.05) is 41.1 Å². The minimum absolute atomic E-state index is 0.0391. The summed E-state index contributed by atoms with van der Waals surface area (Å²) >= 11 is 0. The van der Waals surface area contributed by atoms with Crippen molar-refractivity contribution in [2.45, 2.75) is 0 Å². The molecule has 0 saturated heterocycles. The molecular formula is C18H12NO4+. The van der Waals surface area contributed by atoms with Crippen molar-refractivity contribution in [3.05, 3.63) is 48.8 Å². The third kappa shape index (κ3) is 1.70. The van der Waals surface area contributed by atoms with Gasteiger partial charge in [0.2, 0.25) is 12.3 Å². The Hall–Kier alpha value is -3.21. The topological polar surface area (TPSA) is 63.0 Å². The molecule has 0 aliphatic carbocycles. The predicted molar refractivity (Wildman–Crippen MR) is 84.1 cm³/mol. The summed E-state index contributed by atoms with van der Waals surface area (Å²) in [4.78, 5) is 0. The van der Waals surface area contributed by atoms with Crippen LogP contribution in [0.5, 0.6) is 23.0 Å². The Morgan fingerprint density at radius 3 is 2.57 bits per heavy atom. The van der Waals surface area contributed by atoms with Crippen LogP contribution in [-0.2, 0) is 0 Å². The molecule has 0 atom stereocenters. The van der Waals surface area contributed by atoms with Gasteiger partial charge in [-0.05, 0) is 23.6 Å². The zero-order valence-corrected chi connectivity index (χ0v) is 12.0. The number of phenolic OH excluding ortho intramolecular Hbond substituents is 2. The second-order valence-corrected chi connectivity index (χ2v) is 5.64. The molecule has 23 heavy (non-hydrogen) atoms. The minimum atomic E-state index is 0.0391. The van der Waals surface area contributed by atoms with E-state index >= 15 is 0 Å². The minimum Gasteiger partial charge on any atom is -0.508 e. The van der Waals surface area contributed by atoms with Crippen molar-refractivity contribution in [3.8, 4) is 23.0 Å². The smallest absolute Gasteiger partial charge is 0.231 e. The van der Waals surface area contributed by atoms with Gasteiger partial charge in [0.05, 0.1) is 10.8 Å². The highest BCUT2D eigenvalue weighted by molar-refractivity contribution is 6.00. The van der Waals surface area contributed by atoms with Gasteiger partial charge in [0.15, 0.2) is 23.9 Å². The molecule has 2 aromatic heterocycles. The lowest BCUT2D eigenvalue weighted by Gasteiger charge is -2.04. The van der Waals surface area contributed by atoms with Crippen molar-refractivity contribution < 1.29 is 24.1 Å². The molecule has 112 valence electrons. The number of fused-ring (bicyclic) bond motifs is 5. The van der Waals surface area contributed by atoms with Gasteiger partial charge in [-0.2, -0.15) is 4.40 Å². The number of aromatic nitrogens is 1. The van der Waals surface area contributed by atoms with Crippen LogP contribution in [0.3, 0.4) is 0 Å². The van der Waals surface area contributed by atoms with Gasteiger partial charge in [-0.3, -0.25) is 0 Å². The number of nitrogens with zero attached hydrogens (tertiary/aromatic N) is 1. The molecule has 0 radical (unpaired) electrons. The standard InChI is InChI=1S/C18H11NO4/c20-12-3-11-4-15-13-7-18-17(22-9-23-18)5-10(13)1-2-19(15)8-14(11)16(21)6-12/h1-8H,9H2,(H,20,21)/p+1. The van der Waals surface area contributed by atoms with Crippen LogP contribution in [0.4, 0.5) is 0 Å². The Bertz CT molecular complexity index is 1120. The van der Waals surface area contributed by atoms with Gasteiger partial charge in [0.25, 0.3) is 0 Å². The molecule has 5 heteroatoms. The molecule has 0 amide bonds. The molecule has 0 spiro atoms. The van der Waals surface area contributed by atoms with Crippen molar-refractivity contribution in [2.24, 2.45) is 0 Å². The summed E-state index contributed by atoms with van der Waals surface area (Å²) in [7, 11) is 0. The Morgan fingerprint density at radius 2 is 1.70 bits per heavy atom. The maximum absolute atomic E-state index is 10.0. The number of aromatic hydroxyl groups is 2. The molecule has 2 aromatic carbocycles. The van der Waals surface area contributed by atoms with Crippen LogP contribution in [0, 0.1) is 0 Å². The quantitative estimate of drug-likeness (QED) is 0.298. The van der Waals surface area contributed by atoms with Gasteiger partial charge in [-0.1, -0.05) is 0 Å². The van der Waals surface area contributed by atoms with E-state index in [9.17, 15) is 10.2 Å². The average Bonchev–Trinajstić information content (AvgIpc) is 2.98. The highest BCUT2D eigenvalue weighted by Gasteiger charge is 2.18. The van der Waals surface area contributed by atoms with E-state index in [2.05, 4.69) is 0 Å². The Morgan fingerprint density at radius 1 is 0.870 bits per heavy atom. The predicted octanol–water partition coefficient (Wildman–Crippen LogP) is 2.87. The first kappa shape index (κ1) is 12.3. The molecule has 0 saturated carbocycles. The molecule has 1 aliphatic rings. The van der Waals surface area contributed by atoms with Crippen LogP contribution >= 0.6 is 0 Å². The summed E-state index contributed by atoms with van der Waals surface area (Å²) in [6.45, 7) is 0.238. The highest BCUT2D eigenvalue weighted by atomic mass is 16.7. The van der Waals surface area contributed by atoms with Crippen LogP contribution in [0.2, 0.25) is 0 Å². The normalized spacial score (nSPS) is 13.2. The van der Waals surface area contributed by atoms with Crippen molar-refractivity contribution in [1.29, 1.82) is 0 Å². The van der Waals surface area contributed by atoms with E-state index in [1.54, 1.807) is 6.07 Å². The third-order valence-electron chi connectivity index (χ3n) is 4.25. The molecule has 2 N–H and O–H groups in total. The first-order valence-electron chi connectivity index (χ1n) is 7.22. The number of pyridine rings is 2. The summed E-state index contributed by atoms with van der Waals surface area (Å²) < 4.78 is 12.8. The lowest BCUT2D eigenvalue weighted by molar-refractivity contribution is -0.509. The SMILES string of the molecule is Oc1cc(O)c2c[n+]3ccc4cc5c(cc4c3cc2c1)OCO5. The largest absolute Gasteiger partial charge is 0.508 e. The van der Waals surface area contributed by atoms with Gasteiger partial charge >= 0.3 is 0 Å². The third-order valence-corrected chi connectivity index (χ3v) is 4.25. The van der Waals surface area contributed by atoms with Gasteiger partial charge in [-0.25, -0.2) is 0 Å². The summed E-state index contributed by atoms with van der Waals surface area (Å²) in [5, 5.41) is 23.3. The molecule has 4 aromatic rings. The Balaban J connectivity index is 1.94. The maximum Gasteiger partial charge on any atom is 0.231 e. The average molecular weight is 306 g/mol. The number of hydrogen-bond donors (Lipinski definition) is 2. The molecule has 5 nitrogen and oxygen atoms in total. The molecule has 0 bridgehead atoms. The van der Waals surface area contributed by atoms with Crippen LogP contribution in [0.25, 0.3) is 27.1 Å². The monoisotopic (exact) mass is 306 g/mol. The van der Waals surface area contributed by atoms with Crippen LogP contribution < -0.4 is 13.9 Å². The first-order valence-corrected chi connectivity index (χ1v) is 7.22. The second-order valence-electron chi connectivity index (χ2n) is 5.64. The highest BCUT2D eigenvalue weighted by Crippen LogP contribution is 2.37. The van der Waals surface area contributed by atoms with E-state index in [0.717, 1.165) is 33.2 Å². The van der Waals surface area contributed by atoms with Crippen molar-refractivity contribution in [3.63, 3.8) is 0 Å². The van der Waals surface area contributed by atoms with Crippen LogP contribution in [-0.4, -0.2) is 17.0 Å². The maximum atomic E-state index is 10.0. The summed E-state index contributed by atoms with van der Waals surface area (Å²) in [5.74, 6) is 1.57. The zero-order valence-electron chi connectivity index (χ0n) is 12.0. The number of benzene rings is 2. The fourth-order valence-corrected chi connectivity index (χ4v) is 3.15. The van der Waals surface area contributed by atoms with Gasteiger partial charge in [0, 0.05) is 23.6 Å². The molecule has 3 heterocycles. The fraction of sp³-hybridized carbons (Fsp3) is 0.0556. The summed E-state index contributed by atoms with van der Waals surface area (Å²) in [5.41, 5.74) is 0.957. The Labute approximate surface area is 130 Å². The number of phenols is 2. The van der Waals surface area contributed by atoms with Crippen molar-refractivity contribution >= 4 is 27.1 Å². The summed E-state index contributed by atoms with van der Waals surface area (Å²) in [6.07, 6.45) is 3.79. The van der Waals surface area contributed by atoms with Crippen molar-refractivity contribution in [2.75, 3.05) is 6.79 Å². The fourth-order valence-electron chi connectivity index (χ4n) is 3.15. The number of hydrogen-bond acceptors (Lipinski definition) is 4. The molecule has 1 aliphatic heterocycles. The lowest BCUT2D eigenvalue weighted by Crippen LogP contribution is -2.20. The van der Waals surface area contributed by atoms with Gasteiger partial charge < -0.3 is 19.7 Å². The van der Waals surface area contributed by atoms with E-state index in [0.29, 0.717) is 5.39 Å². The molecule has 0 unspecified atom stereocenters. The summed E-state index contributed by atoms with van der Waals surface area (Å²) in [6, 6.07) is 10.8. The number of rotatable bonds is 0.